The first-order valence-corrected chi connectivity index (χ1v) is 5.03. The van der Waals surface area contributed by atoms with E-state index >= 15 is 0 Å². The summed E-state index contributed by atoms with van der Waals surface area (Å²) in [6, 6.07) is 0.302. The molecule has 5 heteroatoms. The van der Waals surface area contributed by atoms with Crippen LogP contribution in [-0.4, -0.2) is 14.5 Å². The molecule has 0 saturated heterocycles. The fourth-order valence-corrected chi connectivity index (χ4v) is 1.96. The van der Waals surface area contributed by atoms with Crippen molar-refractivity contribution in [2.75, 3.05) is 0 Å². The van der Waals surface area contributed by atoms with Crippen molar-refractivity contribution in [1.82, 2.24) is 14.5 Å². The fraction of sp³-hybridized carbons (Fsp3) is 0.333. The average molecular weight is 230 g/mol. The standard InChI is InChI=1S/C9H9Cl2N3/c1-5(2)14-3-6(10)7-8(11)12-4-13-9(7)14/h3-5H,1-2H3. The second kappa shape index (κ2) is 3.41. The second-order valence-electron chi connectivity index (χ2n) is 3.34. The van der Waals surface area contributed by atoms with E-state index in [1.54, 1.807) is 0 Å². The van der Waals surface area contributed by atoms with Crippen LogP contribution in [-0.2, 0) is 0 Å². The molecule has 0 radical (unpaired) electrons. The minimum Gasteiger partial charge on any atom is -0.328 e. The van der Waals surface area contributed by atoms with Gasteiger partial charge in [-0.2, -0.15) is 0 Å². The molecule has 0 spiro atoms. The van der Waals surface area contributed by atoms with E-state index in [-0.39, 0.29) is 0 Å². The lowest BCUT2D eigenvalue weighted by atomic mass is 10.4. The van der Waals surface area contributed by atoms with Crippen molar-refractivity contribution in [2.24, 2.45) is 0 Å². The van der Waals surface area contributed by atoms with Crippen LogP contribution in [0.25, 0.3) is 11.0 Å². The molecule has 2 heterocycles. The fourth-order valence-electron chi connectivity index (χ4n) is 1.40. The Balaban J connectivity index is 2.84. The highest BCUT2D eigenvalue weighted by molar-refractivity contribution is 6.41. The predicted molar refractivity (Wildman–Crippen MR) is 57.9 cm³/mol. The zero-order valence-electron chi connectivity index (χ0n) is 7.83. The molecule has 0 atom stereocenters. The van der Waals surface area contributed by atoms with Crippen LogP contribution in [0.15, 0.2) is 12.5 Å². The van der Waals surface area contributed by atoms with Gasteiger partial charge in [0.25, 0.3) is 0 Å². The Morgan fingerprint density at radius 3 is 2.64 bits per heavy atom. The van der Waals surface area contributed by atoms with Gasteiger partial charge in [0.2, 0.25) is 0 Å². The molecule has 2 aromatic rings. The maximum absolute atomic E-state index is 6.04. The third kappa shape index (κ3) is 1.37. The molecule has 14 heavy (non-hydrogen) atoms. The lowest BCUT2D eigenvalue weighted by Gasteiger charge is -2.07. The first kappa shape index (κ1) is 9.74. The van der Waals surface area contributed by atoms with E-state index in [0.717, 1.165) is 11.0 Å². The number of halogens is 2. The van der Waals surface area contributed by atoms with Crippen molar-refractivity contribution in [2.45, 2.75) is 19.9 Å². The maximum Gasteiger partial charge on any atom is 0.146 e. The highest BCUT2D eigenvalue weighted by atomic mass is 35.5. The van der Waals surface area contributed by atoms with E-state index in [2.05, 4.69) is 23.8 Å². The molecule has 0 bridgehead atoms. The molecular weight excluding hydrogens is 221 g/mol. The quantitative estimate of drug-likeness (QED) is 0.703. The summed E-state index contributed by atoms with van der Waals surface area (Å²) in [7, 11) is 0. The van der Waals surface area contributed by atoms with Crippen LogP contribution in [0, 0.1) is 0 Å². The number of hydrogen-bond acceptors (Lipinski definition) is 2. The zero-order valence-corrected chi connectivity index (χ0v) is 9.34. The van der Waals surface area contributed by atoms with E-state index in [1.165, 1.54) is 6.33 Å². The van der Waals surface area contributed by atoms with Crippen LogP contribution < -0.4 is 0 Å². The van der Waals surface area contributed by atoms with Crippen LogP contribution in [0.4, 0.5) is 0 Å². The molecule has 0 aliphatic carbocycles. The molecule has 0 amide bonds. The average Bonchev–Trinajstić information content (AvgIpc) is 2.45. The molecule has 0 saturated carbocycles. The Labute approximate surface area is 91.7 Å². The van der Waals surface area contributed by atoms with Crippen molar-refractivity contribution in [1.29, 1.82) is 0 Å². The first-order chi connectivity index (χ1) is 6.61. The molecule has 0 N–H and O–H groups in total. The summed E-state index contributed by atoms with van der Waals surface area (Å²) in [6.45, 7) is 4.12. The highest BCUT2D eigenvalue weighted by Gasteiger charge is 2.13. The van der Waals surface area contributed by atoms with E-state index in [9.17, 15) is 0 Å². The van der Waals surface area contributed by atoms with Gasteiger partial charge in [-0.15, -0.1) is 0 Å². The number of rotatable bonds is 1. The second-order valence-corrected chi connectivity index (χ2v) is 4.11. The summed E-state index contributed by atoms with van der Waals surface area (Å²) < 4.78 is 1.98. The van der Waals surface area contributed by atoms with Crippen molar-refractivity contribution in [3.63, 3.8) is 0 Å². The van der Waals surface area contributed by atoms with Gasteiger partial charge < -0.3 is 4.57 Å². The number of fused-ring (bicyclic) bond motifs is 1. The Hall–Kier alpha value is -0.800. The summed E-state index contributed by atoms with van der Waals surface area (Å²) in [5.41, 5.74) is 0.782. The van der Waals surface area contributed by atoms with Gasteiger partial charge in [0.15, 0.2) is 0 Å². The topological polar surface area (TPSA) is 30.7 Å². The molecule has 74 valence electrons. The zero-order chi connectivity index (χ0) is 10.3. The maximum atomic E-state index is 6.04. The van der Waals surface area contributed by atoms with Gasteiger partial charge in [0, 0.05) is 12.2 Å². The molecule has 0 fully saturated rings. The van der Waals surface area contributed by atoms with Gasteiger partial charge in [0.05, 0.1) is 10.4 Å². The van der Waals surface area contributed by atoms with Gasteiger partial charge in [0.1, 0.15) is 17.1 Å². The smallest absolute Gasteiger partial charge is 0.146 e. The molecule has 0 aliphatic heterocycles. The van der Waals surface area contributed by atoms with E-state index in [1.807, 2.05) is 10.8 Å². The Morgan fingerprint density at radius 2 is 2.00 bits per heavy atom. The van der Waals surface area contributed by atoms with Crippen LogP contribution in [0.1, 0.15) is 19.9 Å². The number of hydrogen-bond donors (Lipinski definition) is 0. The Kier molecular flexibility index (Phi) is 2.37. The van der Waals surface area contributed by atoms with Crippen LogP contribution in [0.5, 0.6) is 0 Å². The minimum absolute atomic E-state index is 0.302. The highest BCUT2D eigenvalue weighted by Crippen LogP contribution is 2.30. The molecule has 0 aromatic carbocycles. The molecule has 3 nitrogen and oxygen atoms in total. The minimum atomic E-state index is 0.302. The summed E-state index contributed by atoms with van der Waals surface area (Å²) in [5, 5.41) is 1.73. The molecule has 0 aliphatic rings. The van der Waals surface area contributed by atoms with Gasteiger partial charge in [-0.1, -0.05) is 23.2 Å². The third-order valence-electron chi connectivity index (χ3n) is 2.07. The van der Waals surface area contributed by atoms with Crippen molar-refractivity contribution >= 4 is 34.2 Å². The summed E-state index contributed by atoms with van der Waals surface area (Å²) >= 11 is 12.0. The molecular formula is C9H9Cl2N3. The summed E-state index contributed by atoms with van der Waals surface area (Å²) in [5.74, 6) is 0. The molecule has 2 aromatic heterocycles. The first-order valence-electron chi connectivity index (χ1n) is 4.27. The van der Waals surface area contributed by atoms with Gasteiger partial charge in [-0.05, 0) is 13.8 Å². The largest absolute Gasteiger partial charge is 0.328 e. The Morgan fingerprint density at radius 1 is 1.29 bits per heavy atom. The van der Waals surface area contributed by atoms with E-state index in [0.29, 0.717) is 16.2 Å². The van der Waals surface area contributed by atoms with Crippen molar-refractivity contribution < 1.29 is 0 Å². The van der Waals surface area contributed by atoms with Crippen LogP contribution in [0.3, 0.4) is 0 Å². The molecule has 0 unspecified atom stereocenters. The monoisotopic (exact) mass is 229 g/mol. The van der Waals surface area contributed by atoms with E-state index < -0.39 is 0 Å². The predicted octanol–water partition coefficient (Wildman–Crippen LogP) is 3.32. The van der Waals surface area contributed by atoms with Gasteiger partial charge >= 0.3 is 0 Å². The lowest BCUT2D eigenvalue weighted by molar-refractivity contribution is 0.617. The summed E-state index contributed by atoms with van der Waals surface area (Å²) in [4.78, 5) is 8.06. The van der Waals surface area contributed by atoms with Crippen molar-refractivity contribution in [3.8, 4) is 0 Å². The number of nitrogens with zero attached hydrogens (tertiary/aromatic N) is 3. The van der Waals surface area contributed by atoms with Gasteiger partial charge in [-0.3, -0.25) is 0 Å². The van der Waals surface area contributed by atoms with E-state index in [4.69, 9.17) is 23.2 Å². The van der Waals surface area contributed by atoms with Gasteiger partial charge in [-0.25, -0.2) is 9.97 Å². The third-order valence-corrected chi connectivity index (χ3v) is 2.65. The van der Waals surface area contributed by atoms with Crippen molar-refractivity contribution in [3.05, 3.63) is 22.7 Å². The Bertz CT molecular complexity index is 476. The normalized spacial score (nSPS) is 11.5. The summed E-state index contributed by atoms with van der Waals surface area (Å²) in [6.07, 6.45) is 3.28. The molecule has 2 rings (SSSR count). The van der Waals surface area contributed by atoms with Crippen LogP contribution >= 0.6 is 23.2 Å². The lowest BCUT2D eigenvalue weighted by Crippen LogP contribution is -1.99. The SMILES string of the molecule is CC(C)n1cc(Cl)c2c(Cl)ncnc21. The van der Waals surface area contributed by atoms with Crippen LogP contribution in [0.2, 0.25) is 10.2 Å². The number of aromatic nitrogens is 3.